The Morgan fingerprint density at radius 3 is 2.74 bits per heavy atom. The molecule has 0 aromatic carbocycles. The lowest BCUT2D eigenvalue weighted by Crippen LogP contribution is -2.41. The van der Waals surface area contributed by atoms with Gasteiger partial charge in [0.2, 0.25) is 5.89 Å². The number of aromatic nitrogens is 2. The van der Waals surface area contributed by atoms with E-state index >= 15 is 0 Å². The van der Waals surface area contributed by atoms with Crippen molar-refractivity contribution < 1.29 is 4.52 Å². The molecule has 2 aliphatic rings. The molecule has 5 heteroatoms. The van der Waals surface area contributed by atoms with Crippen LogP contribution in [0.4, 0.5) is 0 Å². The first kappa shape index (κ1) is 16.9. The monoisotopic (exact) mass is 320 g/mol. The molecule has 2 fully saturated rings. The third-order valence-electron chi connectivity index (χ3n) is 5.29. The van der Waals surface area contributed by atoms with E-state index in [4.69, 9.17) is 4.52 Å². The number of piperidine rings is 1. The highest BCUT2D eigenvalue weighted by Crippen LogP contribution is 2.26. The largest absolute Gasteiger partial charge is 0.339 e. The Bertz CT molecular complexity index is 467. The molecule has 1 aromatic rings. The molecule has 1 aliphatic heterocycles. The highest BCUT2D eigenvalue weighted by molar-refractivity contribution is 5.00. The van der Waals surface area contributed by atoms with Gasteiger partial charge in [0.05, 0.1) is 0 Å². The van der Waals surface area contributed by atoms with Gasteiger partial charge in [0.25, 0.3) is 0 Å². The molecule has 0 unspecified atom stereocenters. The highest BCUT2D eigenvalue weighted by Gasteiger charge is 2.25. The molecule has 0 amide bonds. The molecule has 1 aliphatic carbocycles. The van der Waals surface area contributed by atoms with Gasteiger partial charge >= 0.3 is 0 Å². The maximum atomic E-state index is 5.38. The first-order valence-corrected chi connectivity index (χ1v) is 9.51. The molecule has 0 spiro atoms. The zero-order chi connectivity index (χ0) is 16.1. The van der Waals surface area contributed by atoms with Gasteiger partial charge in [-0.3, -0.25) is 0 Å². The summed E-state index contributed by atoms with van der Waals surface area (Å²) in [6, 6.07) is 0.759. The van der Waals surface area contributed by atoms with Crippen molar-refractivity contribution in [3.63, 3.8) is 0 Å². The molecule has 0 bridgehead atoms. The third kappa shape index (κ3) is 4.77. The van der Waals surface area contributed by atoms with Gasteiger partial charge in [-0.1, -0.05) is 38.3 Å². The molecule has 3 rings (SSSR count). The molecule has 130 valence electrons. The number of likely N-dealkylation sites (tertiary alicyclic amines) is 1. The van der Waals surface area contributed by atoms with Crippen LogP contribution in [-0.2, 0) is 0 Å². The Morgan fingerprint density at radius 1 is 1.17 bits per heavy atom. The smallest absolute Gasteiger partial charge is 0.229 e. The second-order valence-corrected chi connectivity index (χ2v) is 7.57. The number of hydrogen-bond donors (Lipinski definition) is 1. The van der Waals surface area contributed by atoms with Gasteiger partial charge in [-0.2, -0.15) is 4.98 Å². The first-order valence-electron chi connectivity index (χ1n) is 9.51. The molecule has 23 heavy (non-hydrogen) atoms. The van der Waals surface area contributed by atoms with Crippen molar-refractivity contribution in [2.24, 2.45) is 0 Å². The van der Waals surface area contributed by atoms with Gasteiger partial charge < -0.3 is 14.7 Å². The predicted octanol–water partition coefficient (Wildman–Crippen LogP) is 3.29. The van der Waals surface area contributed by atoms with Crippen LogP contribution in [-0.4, -0.2) is 47.3 Å². The lowest BCUT2D eigenvalue weighted by Gasteiger charge is -2.32. The molecule has 0 radical (unpaired) electrons. The fraction of sp³-hybridized carbons (Fsp3) is 0.889. The van der Waals surface area contributed by atoms with E-state index in [1.54, 1.807) is 0 Å². The maximum Gasteiger partial charge on any atom is 0.229 e. The second kappa shape index (κ2) is 8.25. The van der Waals surface area contributed by atoms with Gasteiger partial charge in [-0.15, -0.1) is 0 Å². The summed E-state index contributed by atoms with van der Waals surface area (Å²) in [6.07, 6.45) is 9.38. The average Bonchev–Trinajstić information content (AvgIpc) is 3.07. The standard InChI is InChI=1S/C18H32N4O/c1-14(2)18-20-17(21-23-18)15-7-6-11-22(13-15)12-10-19-16-8-4-3-5-9-16/h14-16,19H,3-13H2,1-2H3/t15-/m1/s1. The fourth-order valence-electron chi connectivity index (χ4n) is 3.85. The lowest BCUT2D eigenvalue weighted by molar-refractivity contribution is 0.198. The van der Waals surface area contributed by atoms with E-state index < -0.39 is 0 Å². The van der Waals surface area contributed by atoms with Crippen molar-refractivity contribution in [3.05, 3.63) is 11.7 Å². The number of rotatable bonds is 6. The molecule has 1 saturated heterocycles. The minimum Gasteiger partial charge on any atom is -0.339 e. The summed E-state index contributed by atoms with van der Waals surface area (Å²) in [4.78, 5) is 7.17. The van der Waals surface area contributed by atoms with Gasteiger partial charge in [0.1, 0.15) is 0 Å². The van der Waals surface area contributed by atoms with Crippen molar-refractivity contribution in [2.75, 3.05) is 26.2 Å². The van der Waals surface area contributed by atoms with Gasteiger partial charge in [-0.05, 0) is 32.2 Å². The van der Waals surface area contributed by atoms with Crippen LogP contribution in [0, 0.1) is 0 Å². The minimum atomic E-state index is 0.315. The van der Waals surface area contributed by atoms with Gasteiger partial charge in [0, 0.05) is 37.5 Å². The zero-order valence-electron chi connectivity index (χ0n) is 14.8. The topological polar surface area (TPSA) is 54.2 Å². The van der Waals surface area contributed by atoms with Gasteiger partial charge in [0.15, 0.2) is 5.82 Å². The Morgan fingerprint density at radius 2 is 2.00 bits per heavy atom. The van der Waals surface area contributed by atoms with E-state index in [-0.39, 0.29) is 0 Å². The summed E-state index contributed by atoms with van der Waals surface area (Å²) in [5.41, 5.74) is 0. The van der Waals surface area contributed by atoms with E-state index in [2.05, 4.69) is 34.2 Å². The number of nitrogens with zero attached hydrogens (tertiary/aromatic N) is 3. The molecular formula is C18H32N4O. The van der Waals surface area contributed by atoms with Crippen molar-refractivity contribution in [2.45, 2.75) is 76.7 Å². The van der Waals surface area contributed by atoms with Crippen LogP contribution in [0.1, 0.15) is 82.3 Å². The van der Waals surface area contributed by atoms with Crippen molar-refractivity contribution in [3.8, 4) is 0 Å². The van der Waals surface area contributed by atoms with Crippen LogP contribution in [0.3, 0.4) is 0 Å². The van der Waals surface area contributed by atoms with Crippen LogP contribution >= 0.6 is 0 Å². The Labute approximate surface area is 140 Å². The van der Waals surface area contributed by atoms with Crippen molar-refractivity contribution in [1.29, 1.82) is 0 Å². The summed E-state index contributed by atoms with van der Waals surface area (Å²) in [6.45, 7) is 8.73. The lowest BCUT2D eigenvalue weighted by atomic mass is 9.95. The Kier molecular flexibility index (Phi) is 6.06. The molecule has 1 aromatic heterocycles. The predicted molar refractivity (Wildman–Crippen MR) is 91.7 cm³/mol. The fourth-order valence-corrected chi connectivity index (χ4v) is 3.85. The zero-order valence-corrected chi connectivity index (χ0v) is 14.8. The molecule has 5 nitrogen and oxygen atoms in total. The van der Waals surface area contributed by atoms with E-state index in [1.165, 1.54) is 51.5 Å². The Balaban J connectivity index is 1.44. The van der Waals surface area contributed by atoms with Crippen LogP contribution in [0.25, 0.3) is 0 Å². The van der Waals surface area contributed by atoms with E-state index in [9.17, 15) is 0 Å². The quantitative estimate of drug-likeness (QED) is 0.871. The summed E-state index contributed by atoms with van der Waals surface area (Å²) in [5, 5.41) is 7.97. The summed E-state index contributed by atoms with van der Waals surface area (Å²) in [7, 11) is 0. The summed E-state index contributed by atoms with van der Waals surface area (Å²) in [5.74, 6) is 2.44. The molecule has 1 saturated carbocycles. The third-order valence-corrected chi connectivity index (χ3v) is 5.29. The van der Waals surface area contributed by atoms with Crippen LogP contribution in [0.15, 0.2) is 4.52 Å². The summed E-state index contributed by atoms with van der Waals surface area (Å²) >= 11 is 0. The number of hydrogen-bond acceptors (Lipinski definition) is 5. The molecule has 2 heterocycles. The van der Waals surface area contributed by atoms with Crippen molar-refractivity contribution >= 4 is 0 Å². The molecular weight excluding hydrogens is 288 g/mol. The average molecular weight is 320 g/mol. The normalized spacial score (nSPS) is 24.4. The Hall–Kier alpha value is -0.940. The number of nitrogens with one attached hydrogen (secondary N) is 1. The van der Waals surface area contributed by atoms with E-state index in [1.807, 2.05) is 0 Å². The van der Waals surface area contributed by atoms with Crippen LogP contribution in [0.2, 0.25) is 0 Å². The highest BCUT2D eigenvalue weighted by atomic mass is 16.5. The SMILES string of the molecule is CC(C)c1nc([C@@H]2CCCN(CCNC3CCCCC3)C2)no1. The molecule has 1 N–H and O–H groups in total. The van der Waals surface area contributed by atoms with E-state index in [0.29, 0.717) is 11.8 Å². The maximum absolute atomic E-state index is 5.38. The van der Waals surface area contributed by atoms with Crippen molar-refractivity contribution in [1.82, 2.24) is 20.4 Å². The minimum absolute atomic E-state index is 0.315. The van der Waals surface area contributed by atoms with E-state index in [0.717, 1.165) is 37.4 Å². The van der Waals surface area contributed by atoms with Crippen LogP contribution in [0.5, 0.6) is 0 Å². The molecule has 1 atom stereocenters. The first-order chi connectivity index (χ1) is 11.2. The second-order valence-electron chi connectivity index (χ2n) is 7.57. The van der Waals surface area contributed by atoms with Crippen LogP contribution < -0.4 is 5.32 Å². The summed E-state index contributed by atoms with van der Waals surface area (Å²) < 4.78 is 5.38. The van der Waals surface area contributed by atoms with Gasteiger partial charge in [-0.25, -0.2) is 0 Å².